The highest BCUT2D eigenvalue weighted by molar-refractivity contribution is 7.93. The summed E-state index contributed by atoms with van der Waals surface area (Å²) in [7, 11) is -2.62. The Morgan fingerprint density at radius 3 is 2.35 bits per heavy atom. The average Bonchev–Trinajstić information content (AvgIpc) is 2.89. The molecule has 0 atom stereocenters. The summed E-state index contributed by atoms with van der Waals surface area (Å²) in [6.45, 7) is 1.44. The van der Waals surface area contributed by atoms with Crippen molar-refractivity contribution in [2.45, 2.75) is 24.2 Å². The summed E-state index contributed by atoms with van der Waals surface area (Å²) in [4.78, 5) is 25.1. The zero-order valence-electron chi connectivity index (χ0n) is 20.1. The minimum Gasteiger partial charge on any atom is -0.495 e. The molecule has 0 aliphatic carbocycles. The van der Waals surface area contributed by atoms with Crippen molar-refractivity contribution in [2.75, 3.05) is 40.5 Å². The summed E-state index contributed by atoms with van der Waals surface area (Å²) in [5, 5.41) is 16.1. The van der Waals surface area contributed by atoms with E-state index in [2.05, 4.69) is 15.4 Å². The van der Waals surface area contributed by atoms with Crippen molar-refractivity contribution in [3.63, 3.8) is 0 Å². The molecule has 1 saturated heterocycles. The summed E-state index contributed by atoms with van der Waals surface area (Å²) in [6.07, 6.45) is 2.98. The molecule has 0 saturated carbocycles. The molecule has 3 aromatic carbocycles. The number of urea groups is 1. The molecule has 12 heteroatoms. The second-order valence-corrected chi connectivity index (χ2v) is 10.1. The molecule has 0 unspecified atom stereocenters. The number of benzene rings is 3. The number of hydrogen-bond donors (Lipinski definition) is 3. The van der Waals surface area contributed by atoms with Crippen LogP contribution in [0.15, 0.2) is 71.6 Å². The molecule has 3 aromatic rings. The molecule has 194 valence electrons. The molecule has 4 rings (SSSR count). The Hall–Kier alpha value is -4.32. The van der Waals surface area contributed by atoms with Gasteiger partial charge in [-0.05, 0) is 55.7 Å². The van der Waals surface area contributed by atoms with Crippen molar-refractivity contribution in [1.82, 2.24) is 0 Å². The number of piperidine rings is 1. The zero-order valence-corrected chi connectivity index (χ0v) is 21.0. The summed E-state index contributed by atoms with van der Waals surface area (Å²) >= 11 is 0. The Morgan fingerprint density at radius 2 is 1.65 bits per heavy atom. The third-order valence-corrected chi connectivity index (χ3v) is 7.26. The summed E-state index contributed by atoms with van der Waals surface area (Å²) in [6, 6.07) is 16.2. The van der Waals surface area contributed by atoms with Crippen molar-refractivity contribution in [3.05, 3.63) is 76.8 Å². The molecular formula is C25H27N5O6S. The smallest absolute Gasteiger partial charge is 0.323 e. The Kier molecular flexibility index (Phi) is 7.77. The number of nitro groups is 1. The lowest BCUT2D eigenvalue weighted by Crippen LogP contribution is -2.31. The van der Waals surface area contributed by atoms with Gasteiger partial charge in [-0.3, -0.25) is 14.8 Å². The molecule has 0 bridgehead atoms. The largest absolute Gasteiger partial charge is 0.495 e. The fourth-order valence-electron chi connectivity index (χ4n) is 4.12. The predicted molar refractivity (Wildman–Crippen MR) is 142 cm³/mol. The highest BCUT2D eigenvalue weighted by atomic mass is 32.2. The van der Waals surface area contributed by atoms with Crippen molar-refractivity contribution >= 4 is 44.5 Å². The third-order valence-electron chi connectivity index (χ3n) is 5.87. The summed E-state index contributed by atoms with van der Waals surface area (Å²) in [5.41, 5.74) is 1.12. The maximum absolute atomic E-state index is 13.6. The molecule has 1 aliphatic rings. The van der Waals surface area contributed by atoms with Gasteiger partial charge in [-0.25, -0.2) is 13.2 Å². The van der Waals surface area contributed by atoms with Crippen LogP contribution in [0.3, 0.4) is 0 Å². The quantitative estimate of drug-likeness (QED) is 0.276. The Morgan fingerprint density at radius 1 is 0.946 bits per heavy atom. The molecule has 1 aliphatic heterocycles. The maximum Gasteiger partial charge on any atom is 0.323 e. The Bertz CT molecular complexity index is 1410. The van der Waals surface area contributed by atoms with Gasteiger partial charge in [0.05, 0.1) is 23.4 Å². The van der Waals surface area contributed by atoms with Crippen LogP contribution in [-0.4, -0.2) is 39.6 Å². The molecule has 2 amide bonds. The number of rotatable bonds is 8. The number of carbonyl (C=O) groups is 1. The van der Waals surface area contributed by atoms with E-state index in [1.807, 2.05) is 4.90 Å². The lowest BCUT2D eigenvalue weighted by molar-refractivity contribution is -0.384. The van der Waals surface area contributed by atoms with Gasteiger partial charge in [0, 0.05) is 36.6 Å². The lowest BCUT2D eigenvalue weighted by Gasteiger charge is -2.30. The van der Waals surface area contributed by atoms with E-state index in [0.29, 0.717) is 11.4 Å². The van der Waals surface area contributed by atoms with Gasteiger partial charge in [0.25, 0.3) is 15.7 Å². The number of para-hydroxylation sites is 2. The number of methoxy groups -OCH3 is 1. The number of hydrogen-bond acceptors (Lipinski definition) is 7. The number of ether oxygens (including phenoxy) is 1. The Balaban J connectivity index is 1.63. The second-order valence-electron chi connectivity index (χ2n) is 8.42. The first-order valence-corrected chi connectivity index (χ1v) is 13.1. The number of carbonyl (C=O) groups excluding carboxylic acids is 1. The lowest BCUT2D eigenvalue weighted by atomic mass is 10.1. The topological polar surface area (TPSA) is 143 Å². The van der Waals surface area contributed by atoms with E-state index in [-0.39, 0.29) is 27.6 Å². The van der Waals surface area contributed by atoms with Gasteiger partial charge in [0.2, 0.25) is 0 Å². The van der Waals surface area contributed by atoms with Gasteiger partial charge in [-0.1, -0.05) is 18.2 Å². The van der Waals surface area contributed by atoms with Gasteiger partial charge in [0.1, 0.15) is 10.6 Å². The van der Waals surface area contributed by atoms with Crippen molar-refractivity contribution in [3.8, 4) is 5.75 Å². The molecule has 0 aromatic heterocycles. The maximum atomic E-state index is 13.6. The van der Waals surface area contributed by atoms with Crippen LogP contribution in [0.4, 0.5) is 33.2 Å². The number of sulfonamides is 1. The molecule has 1 fully saturated rings. The minimum absolute atomic E-state index is 0.00783. The highest BCUT2D eigenvalue weighted by Crippen LogP contribution is 2.34. The van der Waals surface area contributed by atoms with E-state index in [1.165, 1.54) is 37.4 Å². The molecular weight excluding hydrogens is 498 g/mol. The van der Waals surface area contributed by atoms with Crippen molar-refractivity contribution in [2.24, 2.45) is 0 Å². The van der Waals surface area contributed by atoms with E-state index < -0.39 is 21.0 Å². The van der Waals surface area contributed by atoms with Gasteiger partial charge >= 0.3 is 6.03 Å². The van der Waals surface area contributed by atoms with E-state index in [1.54, 1.807) is 36.4 Å². The van der Waals surface area contributed by atoms with E-state index >= 15 is 0 Å². The van der Waals surface area contributed by atoms with Crippen molar-refractivity contribution < 1.29 is 22.9 Å². The van der Waals surface area contributed by atoms with Crippen LogP contribution < -0.4 is 25.0 Å². The second kappa shape index (κ2) is 11.2. The predicted octanol–water partition coefficient (Wildman–Crippen LogP) is 5.04. The first kappa shape index (κ1) is 25.8. The number of amides is 2. The molecule has 0 spiro atoms. The van der Waals surface area contributed by atoms with Gasteiger partial charge in [-0.15, -0.1) is 0 Å². The van der Waals surface area contributed by atoms with E-state index in [4.69, 9.17) is 4.74 Å². The Labute approximate surface area is 214 Å². The zero-order chi connectivity index (χ0) is 26.4. The van der Waals surface area contributed by atoms with Crippen LogP contribution in [0.25, 0.3) is 0 Å². The summed E-state index contributed by atoms with van der Waals surface area (Å²) < 4.78 is 35.0. The molecule has 3 N–H and O–H groups in total. The van der Waals surface area contributed by atoms with Crippen LogP contribution in [0.2, 0.25) is 0 Å². The normalized spacial score (nSPS) is 13.5. The fraction of sp³-hybridized carbons (Fsp3) is 0.240. The molecule has 11 nitrogen and oxygen atoms in total. The summed E-state index contributed by atoms with van der Waals surface area (Å²) in [5.74, 6) is 0.371. The SMILES string of the molecule is COc1ccccc1NS(=O)(=O)c1cc(NC(=O)Nc2cccc([N+](=O)[O-])c2)ccc1N1CCCCC1. The van der Waals surface area contributed by atoms with Crippen LogP contribution in [0.5, 0.6) is 5.75 Å². The first-order chi connectivity index (χ1) is 17.8. The standard InChI is InChI=1S/C25H27N5O6S/c1-36-23-11-4-3-10-21(23)28-37(34,35)24-17-19(12-13-22(24)29-14-5-2-6-15-29)27-25(31)26-18-8-7-9-20(16-18)30(32)33/h3-4,7-13,16-17,28H,2,5-6,14-15H2,1H3,(H2,26,27,31). The molecule has 1 heterocycles. The van der Waals surface area contributed by atoms with Crippen LogP contribution >= 0.6 is 0 Å². The minimum atomic E-state index is -4.08. The van der Waals surface area contributed by atoms with E-state index in [0.717, 1.165) is 32.4 Å². The van der Waals surface area contributed by atoms with Crippen LogP contribution in [0, 0.1) is 10.1 Å². The monoisotopic (exact) mass is 525 g/mol. The van der Waals surface area contributed by atoms with Crippen molar-refractivity contribution in [1.29, 1.82) is 0 Å². The van der Waals surface area contributed by atoms with E-state index in [9.17, 15) is 23.3 Å². The first-order valence-electron chi connectivity index (χ1n) is 11.6. The number of non-ortho nitro benzene ring substituents is 1. The third kappa shape index (κ3) is 6.28. The number of anilines is 4. The van der Waals surface area contributed by atoms with Crippen LogP contribution in [-0.2, 0) is 10.0 Å². The molecule has 0 radical (unpaired) electrons. The number of nitrogens with zero attached hydrogens (tertiary/aromatic N) is 2. The number of nitrogens with one attached hydrogen (secondary N) is 3. The molecule has 37 heavy (non-hydrogen) atoms. The van der Waals surface area contributed by atoms with Gasteiger partial charge in [0.15, 0.2) is 0 Å². The van der Waals surface area contributed by atoms with Gasteiger partial charge in [-0.2, -0.15) is 0 Å². The number of nitro benzene ring substituents is 1. The van der Waals surface area contributed by atoms with Crippen LogP contribution in [0.1, 0.15) is 19.3 Å². The average molecular weight is 526 g/mol. The highest BCUT2D eigenvalue weighted by Gasteiger charge is 2.25. The fourth-order valence-corrected chi connectivity index (χ4v) is 5.45. The van der Waals surface area contributed by atoms with Gasteiger partial charge < -0.3 is 20.3 Å².